The van der Waals surface area contributed by atoms with Gasteiger partial charge in [0.1, 0.15) is 0 Å². The van der Waals surface area contributed by atoms with Crippen molar-refractivity contribution >= 4 is 11.6 Å². The summed E-state index contributed by atoms with van der Waals surface area (Å²) in [7, 11) is 0. The molecular weight excluding hydrogens is 269 g/mol. The van der Waals surface area contributed by atoms with Crippen LogP contribution in [0.3, 0.4) is 0 Å². The second kappa shape index (κ2) is 5.73. The van der Waals surface area contributed by atoms with Crippen molar-refractivity contribution in [1.82, 2.24) is 5.32 Å². The van der Waals surface area contributed by atoms with Gasteiger partial charge in [-0.1, -0.05) is 6.07 Å². The molecule has 1 aliphatic rings. The molecular formula is C14H17F3N2O. The quantitative estimate of drug-likeness (QED) is 0.873. The average molecular weight is 286 g/mol. The van der Waals surface area contributed by atoms with Gasteiger partial charge in [0.15, 0.2) is 0 Å². The SMILES string of the molecule is Cc1ccc(C(F)(F)F)cc1NCC(=O)NCC1CC1. The van der Waals surface area contributed by atoms with Crippen LogP contribution in [0.4, 0.5) is 18.9 Å². The monoisotopic (exact) mass is 286 g/mol. The van der Waals surface area contributed by atoms with Crippen molar-refractivity contribution < 1.29 is 18.0 Å². The largest absolute Gasteiger partial charge is 0.416 e. The number of aryl methyl sites for hydroxylation is 1. The van der Waals surface area contributed by atoms with Gasteiger partial charge < -0.3 is 10.6 Å². The Morgan fingerprint density at radius 2 is 2.05 bits per heavy atom. The molecule has 1 aromatic carbocycles. The molecule has 0 aromatic heterocycles. The third kappa shape index (κ3) is 4.15. The Kier molecular flexibility index (Phi) is 4.20. The molecule has 0 bridgehead atoms. The van der Waals surface area contributed by atoms with E-state index in [0.29, 0.717) is 23.7 Å². The molecule has 0 atom stereocenters. The van der Waals surface area contributed by atoms with E-state index >= 15 is 0 Å². The number of nitrogens with one attached hydrogen (secondary N) is 2. The predicted molar refractivity (Wildman–Crippen MR) is 70.4 cm³/mol. The number of carbonyl (C=O) groups excluding carboxylic acids is 1. The summed E-state index contributed by atoms with van der Waals surface area (Å²) in [5.74, 6) is 0.378. The average Bonchev–Trinajstić information content (AvgIpc) is 3.18. The smallest absolute Gasteiger partial charge is 0.376 e. The van der Waals surface area contributed by atoms with Crippen molar-refractivity contribution in [3.63, 3.8) is 0 Å². The first kappa shape index (κ1) is 14.7. The highest BCUT2D eigenvalue weighted by atomic mass is 19.4. The minimum atomic E-state index is -4.38. The summed E-state index contributed by atoms with van der Waals surface area (Å²) in [6, 6.07) is 3.46. The third-order valence-electron chi connectivity index (χ3n) is 3.29. The van der Waals surface area contributed by atoms with Crippen molar-refractivity contribution in [1.29, 1.82) is 0 Å². The molecule has 0 saturated heterocycles. The van der Waals surface area contributed by atoms with Crippen LogP contribution >= 0.6 is 0 Å². The molecule has 1 saturated carbocycles. The second-order valence-corrected chi connectivity index (χ2v) is 5.13. The number of benzene rings is 1. The van der Waals surface area contributed by atoms with Gasteiger partial charge in [0, 0.05) is 12.2 Å². The Bertz CT molecular complexity index is 496. The minimum Gasteiger partial charge on any atom is -0.376 e. The lowest BCUT2D eigenvalue weighted by Gasteiger charge is -2.13. The topological polar surface area (TPSA) is 41.1 Å². The molecule has 1 fully saturated rings. The number of halogens is 3. The lowest BCUT2D eigenvalue weighted by atomic mass is 10.1. The number of hydrogen-bond acceptors (Lipinski definition) is 2. The normalized spacial score (nSPS) is 15.0. The zero-order chi connectivity index (χ0) is 14.8. The van der Waals surface area contributed by atoms with Crippen molar-refractivity contribution in [3.05, 3.63) is 29.3 Å². The summed E-state index contributed by atoms with van der Waals surface area (Å²) in [6.45, 7) is 2.33. The molecule has 20 heavy (non-hydrogen) atoms. The lowest BCUT2D eigenvalue weighted by molar-refractivity contribution is -0.137. The fraction of sp³-hybridized carbons (Fsp3) is 0.500. The highest BCUT2D eigenvalue weighted by molar-refractivity contribution is 5.81. The van der Waals surface area contributed by atoms with Crippen LogP contribution in [0.25, 0.3) is 0 Å². The number of anilines is 1. The maximum absolute atomic E-state index is 12.6. The van der Waals surface area contributed by atoms with E-state index in [2.05, 4.69) is 10.6 Å². The molecule has 0 radical (unpaired) electrons. The fourth-order valence-electron chi connectivity index (χ4n) is 1.81. The first-order chi connectivity index (χ1) is 9.36. The summed E-state index contributed by atoms with van der Waals surface area (Å²) in [5.41, 5.74) is 0.290. The zero-order valence-electron chi connectivity index (χ0n) is 11.2. The highest BCUT2D eigenvalue weighted by Gasteiger charge is 2.30. The van der Waals surface area contributed by atoms with Crippen LogP contribution in [-0.4, -0.2) is 19.0 Å². The third-order valence-corrected chi connectivity index (χ3v) is 3.29. The van der Waals surface area contributed by atoms with E-state index in [1.165, 1.54) is 6.07 Å². The number of alkyl halides is 3. The molecule has 110 valence electrons. The number of hydrogen-bond donors (Lipinski definition) is 2. The summed E-state index contributed by atoms with van der Waals surface area (Å²) in [5, 5.41) is 5.51. The van der Waals surface area contributed by atoms with Crippen LogP contribution in [0.1, 0.15) is 24.0 Å². The first-order valence-electron chi connectivity index (χ1n) is 6.54. The molecule has 0 spiro atoms. The zero-order valence-corrected chi connectivity index (χ0v) is 11.2. The Labute approximate surface area is 115 Å². The Morgan fingerprint density at radius 1 is 1.35 bits per heavy atom. The number of carbonyl (C=O) groups is 1. The van der Waals surface area contributed by atoms with Gasteiger partial charge in [-0.05, 0) is 43.4 Å². The maximum Gasteiger partial charge on any atom is 0.416 e. The summed E-state index contributed by atoms with van der Waals surface area (Å²) in [4.78, 5) is 11.5. The fourth-order valence-corrected chi connectivity index (χ4v) is 1.81. The van der Waals surface area contributed by atoms with Crippen molar-refractivity contribution in [3.8, 4) is 0 Å². The van der Waals surface area contributed by atoms with Crippen LogP contribution in [0, 0.1) is 12.8 Å². The van der Waals surface area contributed by atoms with Crippen LogP contribution in [0.15, 0.2) is 18.2 Å². The minimum absolute atomic E-state index is 0.0190. The van der Waals surface area contributed by atoms with E-state index in [4.69, 9.17) is 0 Å². The molecule has 0 heterocycles. The van der Waals surface area contributed by atoms with E-state index in [9.17, 15) is 18.0 Å². The Morgan fingerprint density at radius 3 is 2.65 bits per heavy atom. The molecule has 1 aliphatic carbocycles. The van der Waals surface area contributed by atoms with Gasteiger partial charge in [0.25, 0.3) is 0 Å². The Balaban J connectivity index is 1.92. The molecule has 1 aromatic rings. The van der Waals surface area contributed by atoms with Gasteiger partial charge in [0.2, 0.25) is 5.91 Å². The molecule has 1 amide bonds. The number of rotatable bonds is 5. The van der Waals surface area contributed by atoms with Crippen LogP contribution in [-0.2, 0) is 11.0 Å². The van der Waals surface area contributed by atoms with Crippen molar-refractivity contribution in [2.75, 3.05) is 18.4 Å². The van der Waals surface area contributed by atoms with E-state index in [-0.39, 0.29) is 12.5 Å². The standard InChI is InChI=1S/C14H17F3N2O/c1-9-2-5-11(14(15,16)17)6-12(9)18-8-13(20)19-7-10-3-4-10/h2,5-6,10,18H,3-4,7-8H2,1H3,(H,19,20). The molecule has 0 aliphatic heterocycles. The molecule has 2 rings (SSSR count). The van der Waals surface area contributed by atoms with E-state index < -0.39 is 11.7 Å². The van der Waals surface area contributed by atoms with Gasteiger partial charge in [-0.25, -0.2) is 0 Å². The molecule has 3 nitrogen and oxygen atoms in total. The van der Waals surface area contributed by atoms with E-state index in [1.807, 2.05) is 0 Å². The number of amides is 1. The van der Waals surface area contributed by atoms with Gasteiger partial charge in [0.05, 0.1) is 12.1 Å². The van der Waals surface area contributed by atoms with Crippen LogP contribution in [0.5, 0.6) is 0 Å². The van der Waals surface area contributed by atoms with Gasteiger partial charge in [-0.3, -0.25) is 4.79 Å². The molecule has 0 unspecified atom stereocenters. The summed E-state index contributed by atoms with van der Waals surface area (Å²) >= 11 is 0. The maximum atomic E-state index is 12.6. The van der Waals surface area contributed by atoms with Crippen molar-refractivity contribution in [2.45, 2.75) is 25.9 Å². The summed E-state index contributed by atoms with van der Waals surface area (Å²) < 4.78 is 37.8. The molecule has 6 heteroatoms. The second-order valence-electron chi connectivity index (χ2n) is 5.13. The Hall–Kier alpha value is -1.72. The highest BCUT2D eigenvalue weighted by Crippen LogP contribution is 2.32. The van der Waals surface area contributed by atoms with E-state index in [0.717, 1.165) is 25.0 Å². The predicted octanol–water partition coefficient (Wildman–Crippen LogP) is 2.95. The van der Waals surface area contributed by atoms with Crippen molar-refractivity contribution in [2.24, 2.45) is 5.92 Å². The first-order valence-corrected chi connectivity index (χ1v) is 6.54. The lowest BCUT2D eigenvalue weighted by Crippen LogP contribution is -2.31. The van der Waals surface area contributed by atoms with Crippen LogP contribution in [0.2, 0.25) is 0 Å². The van der Waals surface area contributed by atoms with E-state index in [1.54, 1.807) is 6.92 Å². The summed E-state index contributed by atoms with van der Waals surface area (Å²) in [6.07, 6.45) is -2.10. The van der Waals surface area contributed by atoms with Gasteiger partial charge >= 0.3 is 6.18 Å². The van der Waals surface area contributed by atoms with Gasteiger partial charge in [-0.15, -0.1) is 0 Å². The molecule has 2 N–H and O–H groups in total. The van der Waals surface area contributed by atoms with Crippen LogP contribution < -0.4 is 10.6 Å². The van der Waals surface area contributed by atoms with Gasteiger partial charge in [-0.2, -0.15) is 13.2 Å².